The van der Waals surface area contributed by atoms with Crippen LogP contribution in [-0.4, -0.2) is 32.0 Å². The summed E-state index contributed by atoms with van der Waals surface area (Å²) in [4.78, 5) is 10.9. The highest BCUT2D eigenvalue weighted by atomic mass is 16.6. The van der Waals surface area contributed by atoms with Crippen molar-refractivity contribution in [1.82, 2.24) is 20.0 Å². The van der Waals surface area contributed by atoms with Crippen LogP contribution in [0.4, 0.5) is 5.69 Å². The van der Waals surface area contributed by atoms with Crippen molar-refractivity contribution in [3.8, 4) is 5.75 Å². The lowest BCUT2D eigenvalue weighted by molar-refractivity contribution is -0.385. The van der Waals surface area contributed by atoms with Crippen LogP contribution in [0.2, 0.25) is 0 Å². The van der Waals surface area contributed by atoms with Crippen molar-refractivity contribution >= 4 is 5.69 Å². The van der Waals surface area contributed by atoms with Crippen LogP contribution in [0.3, 0.4) is 0 Å². The first-order valence-electron chi connectivity index (χ1n) is 11.1. The van der Waals surface area contributed by atoms with Crippen LogP contribution in [0.25, 0.3) is 0 Å². The molecule has 0 spiro atoms. The van der Waals surface area contributed by atoms with Crippen molar-refractivity contribution in [3.05, 3.63) is 64.1 Å². The molecule has 4 bridgehead atoms. The van der Waals surface area contributed by atoms with Gasteiger partial charge in [-0.25, -0.2) is 0 Å². The van der Waals surface area contributed by atoms with Gasteiger partial charge in [-0.1, -0.05) is 12.1 Å². The molecule has 0 radical (unpaired) electrons. The minimum atomic E-state index is -0.372. The van der Waals surface area contributed by atoms with Crippen LogP contribution in [0.1, 0.15) is 55.9 Å². The predicted molar refractivity (Wildman–Crippen MR) is 113 cm³/mol. The molecule has 2 heterocycles. The van der Waals surface area contributed by atoms with Gasteiger partial charge in [0.25, 0.3) is 0 Å². The van der Waals surface area contributed by atoms with Gasteiger partial charge in [-0.3, -0.25) is 14.8 Å². The van der Waals surface area contributed by atoms with Gasteiger partial charge in [-0.15, -0.1) is 10.2 Å². The number of hydrogen-bond acceptors (Lipinski definition) is 7. The first-order chi connectivity index (χ1) is 15.5. The summed E-state index contributed by atoms with van der Waals surface area (Å²) in [5.41, 5.74) is 0.764. The highest BCUT2D eigenvalue weighted by Gasteiger charge is 2.61. The second-order valence-corrected chi connectivity index (χ2v) is 9.89. The van der Waals surface area contributed by atoms with Crippen molar-refractivity contribution in [1.29, 1.82) is 0 Å². The van der Waals surface area contributed by atoms with Crippen molar-refractivity contribution < 1.29 is 14.1 Å². The molecule has 7 rings (SSSR count). The fourth-order valence-corrected chi connectivity index (χ4v) is 6.86. The number of methoxy groups -OCH3 is 1. The molecule has 4 aliphatic carbocycles. The molecule has 2 atom stereocenters. The zero-order valence-electron chi connectivity index (χ0n) is 17.9. The molecule has 0 saturated heterocycles. The summed E-state index contributed by atoms with van der Waals surface area (Å²) in [6.07, 6.45) is 9.70. The van der Waals surface area contributed by atoms with Crippen LogP contribution in [0, 0.1) is 22.0 Å². The van der Waals surface area contributed by atoms with E-state index in [1.165, 1.54) is 12.6 Å². The molecule has 3 aromatic rings. The molecule has 1 aromatic carbocycles. The Morgan fingerprint density at radius 1 is 1.19 bits per heavy atom. The van der Waals surface area contributed by atoms with E-state index in [0.717, 1.165) is 49.3 Å². The molecular formula is C23H25N5O4. The van der Waals surface area contributed by atoms with Crippen molar-refractivity contribution in [2.75, 3.05) is 7.11 Å². The van der Waals surface area contributed by atoms with Gasteiger partial charge in [-0.2, -0.15) is 5.10 Å². The molecule has 4 fully saturated rings. The third kappa shape index (κ3) is 3.02. The summed E-state index contributed by atoms with van der Waals surface area (Å²) in [6, 6.07) is 7.87. The van der Waals surface area contributed by atoms with E-state index in [1.807, 2.05) is 28.9 Å². The molecule has 2 unspecified atom stereocenters. The number of rotatable bonds is 6. The third-order valence-corrected chi connectivity index (χ3v) is 7.73. The Labute approximate surface area is 184 Å². The van der Waals surface area contributed by atoms with Gasteiger partial charge < -0.3 is 9.15 Å². The Hall–Kier alpha value is -3.23. The molecule has 9 nitrogen and oxygen atoms in total. The fraction of sp³-hybridized carbons (Fsp3) is 0.522. The van der Waals surface area contributed by atoms with E-state index in [-0.39, 0.29) is 21.6 Å². The number of benzene rings is 1. The highest BCUT2D eigenvalue weighted by molar-refractivity contribution is 5.29. The SMILES string of the molecule is COc1ccc(Cc2nnc(C34CC5CC(C3)CC(n3cc([N+](=O)[O-])cn3)(C5)C4)o2)cc1. The first kappa shape index (κ1) is 19.5. The first-order valence-corrected chi connectivity index (χ1v) is 11.1. The average molecular weight is 435 g/mol. The van der Waals surface area contributed by atoms with Crippen molar-refractivity contribution in [2.24, 2.45) is 11.8 Å². The van der Waals surface area contributed by atoms with Gasteiger partial charge in [0.05, 0.1) is 29.4 Å². The van der Waals surface area contributed by atoms with E-state index in [4.69, 9.17) is 9.15 Å². The molecule has 166 valence electrons. The number of nitrogens with zero attached hydrogens (tertiary/aromatic N) is 5. The summed E-state index contributed by atoms with van der Waals surface area (Å²) in [5.74, 6) is 3.26. The molecule has 4 aliphatic rings. The zero-order chi connectivity index (χ0) is 21.9. The second kappa shape index (κ2) is 6.88. The topological polar surface area (TPSA) is 109 Å². The average Bonchev–Trinajstić information content (AvgIpc) is 3.44. The number of aromatic nitrogens is 4. The minimum absolute atomic E-state index is 0.0503. The maximum absolute atomic E-state index is 11.2. The molecule has 0 aliphatic heterocycles. The fourth-order valence-electron chi connectivity index (χ4n) is 6.86. The smallest absolute Gasteiger partial charge is 0.307 e. The van der Waals surface area contributed by atoms with E-state index in [2.05, 4.69) is 15.3 Å². The van der Waals surface area contributed by atoms with E-state index >= 15 is 0 Å². The van der Waals surface area contributed by atoms with Gasteiger partial charge in [-0.05, 0) is 68.1 Å². The van der Waals surface area contributed by atoms with Crippen LogP contribution >= 0.6 is 0 Å². The van der Waals surface area contributed by atoms with E-state index in [9.17, 15) is 10.1 Å². The Morgan fingerprint density at radius 3 is 2.59 bits per heavy atom. The quantitative estimate of drug-likeness (QED) is 0.425. The molecule has 4 saturated carbocycles. The van der Waals surface area contributed by atoms with E-state index in [0.29, 0.717) is 24.1 Å². The Balaban J connectivity index is 1.29. The summed E-state index contributed by atoms with van der Waals surface area (Å²) < 4.78 is 13.4. The van der Waals surface area contributed by atoms with Gasteiger partial charge in [0.2, 0.25) is 11.8 Å². The molecule has 2 aromatic heterocycles. The molecule has 0 amide bonds. The Bertz CT molecular complexity index is 1150. The summed E-state index contributed by atoms with van der Waals surface area (Å²) in [5, 5.41) is 24.5. The number of ether oxygens (including phenoxy) is 1. The zero-order valence-corrected chi connectivity index (χ0v) is 17.9. The monoisotopic (exact) mass is 435 g/mol. The van der Waals surface area contributed by atoms with Crippen LogP contribution < -0.4 is 4.74 Å². The number of nitro groups is 1. The second-order valence-electron chi connectivity index (χ2n) is 9.89. The lowest BCUT2D eigenvalue weighted by Crippen LogP contribution is -2.58. The van der Waals surface area contributed by atoms with Gasteiger partial charge in [0.1, 0.15) is 18.1 Å². The van der Waals surface area contributed by atoms with Crippen LogP contribution in [0.15, 0.2) is 41.1 Å². The van der Waals surface area contributed by atoms with Gasteiger partial charge in [0, 0.05) is 0 Å². The summed E-state index contributed by atoms with van der Waals surface area (Å²) >= 11 is 0. The van der Waals surface area contributed by atoms with Crippen LogP contribution in [-0.2, 0) is 17.4 Å². The lowest BCUT2D eigenvalue weighted by Gasteiger charge is -2.60. The highest BCUT2D eigenvalue weighted by Crippen LogP contribution is 2.64. The molecule has 0 N–H and O–H groups in total. The number of hydrogen-bond donors (Lipinski definition) is 0. The Morgan fingerprint density at radius 2 is 1.94 bits per heavy atom. The predicted octanol–water partition coefficient (Wildman–Crippen LogP) is 4.02. The molecular weight excluding hydrogens is 410 g/mol. The van der Waals surface area contributed by atoms with Crippen molar-refractivity contribution in [3.63, 3.8) is 0 Å². The third-order valence-electron chi connectivity index (χ3n) is 7.73. The van der Waals surface area contributed by atoms with Crippen molar-refractivity contribution in [2.45, 2.75) is 55.9 Å². The van der Waals surface area contributed by atoms with Gasteiger partial charge in [0.15, 0.2) is 0 Å². The summed E-state index contributed by atoms with van der Waals surface area (Å²) in [6.45, 7) is 0. The maximum atomic E-state index is 11.2. The molecule has 9 heteroatoms. The normalized spacial score (nSPS) is 30.5. The maximum Gasteiger partial charge on any atom is 0.307 e. The standard InChI is InChI=1S/C23H25N5O4/c1-31-19-4-2-15(3-5-19)7-20-25-26-21(32-20)22-8-16-6-17(9-22)11-23(10-16,14-22)27-13-18(12-24-27)28(29)30/h2-5,12-13,16-17H,6-11,14H2,1H3. The van der Waals surface area contributed by atoms with E-state index in [1.54, 1.807) is 13.3 Å². The van der Waals surface area contributed by atoms with E-state index < -0.39 is 0 Å². The van der Waals surface area contributed by atoms with Gasteiger partial charge >= 0.3 is 5.69 Å². The minimum Gasteiger partial charge on any atom is -0.497 e. The summed E-state index contributed by atoms with van der Waals surface area (Å²) in [7, 11) is 1.65. The molecule has 32 heavy (non-hydrogen) atoms. The van der Waals surface area contributed by atoms with Crippen LogP contribution in [0.5, 0.6) is 5.75 Å². The Kier molecular flexibility index (Phi) is 4.18. The lowest BCUT2D eigenvalue weighted by atomic mass is 9.47. The largest absolute Gasteiger partial charge is 0.497 e.